The Kier molecular flexibility index (Phi) is 5.99. The Morgan fingerprint density at radius 1 is 0.903 bits per heavy atom. The maximum absolute atomic E-state index is 12.2. The summed E-state index contributed by atoms with van der Waals surface area (Å²) < 4.78 is 26.5. The van der Waals surface area contributed by atoms with E-state index in [2.05, 4.69) is 10.6 Å². The summed E-state index contributed by atoms with van der Waals surface area (Å²) in [7, 11) is 0. The quantitative estimate of drug-likeness (QED) is 0.684. The second-order valence-electron chi connectivity index (χ2n) is 6.42. The number of benzene rings is 2. The lowest BCUT2D eigenvalue weighted by Crippen LogP contribution is -2.37. The largest absolute Gasteiger partial charge is 0.486 e. The van der Waals surface area contributed by atoms with Crippen LogP contribution < -0.4 is 29.6 Å². The first-order chi connectivity index (χ1) is 15.0. The summed E-state index contributed by atoms with van der Waals surface area (Å²) >= 11 is 6.08. The number of fused-ring (bicyclic) bond motifs is 2. The number of amides is 3. The molecule has 0 saturated heterocycles. The van der Waals surface area contributed by atoms with Crippen molar-refractivity contribution in [3.8, 4) is 23.0 Å². The van der Waals surface area contributed by atoms with Gasteiger partial charge in [-0.1, -0.05) is 11.6 Å². The van der Waals surface area contributed by atoms with Gasteiger partial charge in [0.2, 0.25) is 0 Å². The fraction of sp³-hybridized carbons (Fsp3) is 0.250. The molecule has 0 aliphatic carbocycles. The number of carbonyl (C=O) groups excluding carboxylic acids is 3. The van der Waals surface area contributed by atoms with Gasteiger partial charge < -0.3 is 29.0 Å². The number of urea groups is 1. The summed E-state index contributed by atoms with van der Waals surface area (Å²) in [5.41, 5.74) is 0.486. The van der Waals surface area contributed by atoms with Crippen molar-refractivity contribution in [2.45, 2.75) is 0 Å². The monoisotopic (exact) mass is 448 g/mol. The SMILES string of the molecule is O=C(COC(=O)c1cc(Cl)c2c(c1)OCCO2)NC(=O)Nc1ccc2c(c1)OCCO2. The summed E-state index contributed by atoms with van der Waals surface area (Å²) in [6.07, 6.45) is 0. The van der Waals surface area contributed by atoms with Gasteiger partial charge in [0.25, 0.3) is 5.91 Å². The Hall–Kier alpha value is -3.66. The molecule has 0 saturated carbocycles. The number of nitrogens with one attached hydrogen (secondary N) is 2. The van der Waals surface area contributed by atoms with Crippen LogP contribution in [0.4, 0.5) is 10.5 Å². The fourth-order valence-electron chi connectivity index (χ4n) is 2.89. The van der Waals surface area contributed by atoms with Crippen molar-refractivity contribution in [2.75, 3.05) is 38.4 Å². The molecule has 0 radical (unpaired) electrons. The molecule has 0 atom stereocenters. The van der Waals surface area contributed by atoms with Crippen molar-refractivity contribution in [1.82, 2.24) is 5.32 Å². The lowest BCUT2D eigenvalue weighted by atomic mass is 10.2. The molecular weight excluding hydrogens is 432 g/mol. The molecule has 0 aromatic heterocycles. The van der Waals surface area contributed by atoms with Gasteiger partial charge >= 0.3 is 12.0 Å². The van der Waals surface area contributed by atoms with E-state index in [1.807, 2.05) is 0 Å². The Balaban J connectivity index is 1.28. The van der Waals surface area contributed by atoms with Gasteiger partial charge in [-0.05, 0) is 24.3 Å². The van der Waals surface area contributed by atoms with Crippen LogP contribution in [-0.2, 0) is 9.53 Å². The summed E-state index contributed by atoms with van der Waals surface area (Å²) in [4.78, 5) is 36.2. The molecule has 2 heterocycles. The van der Waals surface area contributed by atoms with E-state index in [-0.39, 0.29) is 10.6 Å². The summed E-state index contributed by atoms with van der Waals surface area (Å²) in [6, 6.07) is 6.79. The highest BCUT2D eigenvalue weighted by Gasteiger charge is 2.21. The number of imide groups is 1. The molecule has 2 N–H and O–H groups in total. The Morgan fingerprint density at radius 2 is 1.61 bits per heavy atom. The minimum Gasteiger partial charge on any atom is -0.486 e. The summed E-state index contributed by atoms with van der Waals surface area (Å²) in [6.45, 7) is 0.861. The van der Waals surface area contributed by atoms with Gasteiger partial charge in [0.15, 0.2) is 29.6 Å². The third-order valence-corrected chi connectivity index (χ3v) is 4.50. The van der Waals surface area contributed by atoms with E-state index in [1.165, 1.54) is 12.1 Å². The lowest BCUT2D eigenvalue weighted by Gasteiger charge is -2.20. The highest BCUT2D eigenvalue weighted by atomic mass is 35.5. The molecular formula is C20H17ClN2O8. The van der Waals surface area contributed by atoms with Crippen LogP contribution in [0.2, 0.25) is 5.02 Å². The zero-order chi connectivity index (χ0) is 21.8. The molecule has 2 aromatic carbocycles. The number of rotatable bonds is 4. The molecule has 3 amide bonds. The van der Waals surface area contributed by atoms with Gasteiger partial charge in [0, 0.05) is 11.8 Å². The molecule has 2 aliphatic rings. The van der Waals surface area contributed by atoms with E-state index in [9.17, 15) is 14.4 Å². The normalized spacial score (nSPS) is 13.7. The van der Waals surface area contributed by atoms with Gasteiger partial charge in [-0.25, -0.2) is 9.59 Å². The van der Waals surface area contributed by atoms with Gasteiger partial charge in [-0.15, -0.1) is 0 Å². The zero-order valence-corrected chi connectivity index (χ0v) is 16.8. The highest BCUT2D eigenvalue weighted by Crippen LogP contribution is 2.38. The first-order valence-corrected chi connectivity index (χ1v) is 9.64. The van der Waals surface area contributed by atoms with Crippen molar-refractivity contribution in [3.05, 3.63) is 40.9 Å². The molecule has 2 aromatic rings. The van der Waals surface area contributed by atoms with Gasteiger partial charge in [-0.3, -0.25) is 10.1 Å². The first kappa shape index (κ1) is 20.6. The maximum atomic E-state index is 12.2. The standard InChI is InChI=1S/C20H17ClN2O8/c21-13-7-11(8-16-18(13)30-6-5-29-16)19(25)31-10-17(24)23-20(26)22-12-1-2-14-15(9-12)28-4-3-27-14/h1-2,7-9H,3-6,10H2,(H2,22,23,24,26). The van der Waals surface area contributed by atoms with E-state index < -0.39 is 24.5 Å². The topological polar surface area (TPSA) is 121 Å². The van der Waals surface area contributed by atoms with Crippen molar-refractivity contribution >= 4 is 35.2 Å². The number of carbonyl (C=O) groups is 3. The third-order valence-electron chi connectivity index (χ3n) is 4.22. The van der Waals surface area contributed by atoms with E-state index in [4.69, 9.17) is 35.3 Å². The van der Waals surface area contributed by atoms with E-state index in [1.54, 1.807) is 18.2 Å². The van der Waals surface area contributed by atoms with Crippen LogP contribution in [-0.4, -0.2) is 50.9 Å². The number of halogens is 1. The maximum Gasteiger partial charge on any atom is 0.338 e. The number of esters is 1. The summed E-state index contributed by atoms with van der Waals surface area (Å²) in [5.74, 6) is 0.0992. The lowest BCUT2D eigenvalue weighted by molar-refractivity contribution is -0.123. The molecule has 0 spiro atoms. The molecule has 4 rings (SSSR count). The molecule has 0 fully saturated rings. The average Bonchev–Trinajstić information content (AvgIpc) is 2.77. The van der Waals surface area contributed by atoms with Crippen molar-refractivity contribution in [1.29, 1.82) is 0 Å². The van der Waals surface area contributed by atoms with E-state index in [0.29, 0.717) is 55.1 Å². The van der Waals surface area contributed by atoms with Gasteiger partial charge in [-0.2, -0.15) is 0 Å². The molecule has 10 nitrogen and oxygen atoms in total. The predicted molar refractivity (Wildman–Crippen MR) is 107 cm³/mol. The zero-order valence-electron chi connectivity index (χ0n) is 16.1. The first-order valence-electron chi connectivity index (χ1n) is 9.26. The van der Waals surface area contributed by atoms with E-state index in [0.717, 1.165) is 0 Å². The fourth-order valence-corrected chi connectivity index (χ4v) is 3.15. The van der Waals surface area contributed by atoms with Crippen LogP contribution in [0.15, 0.2) is 30.3 Å². The molecule has 0 unspecified atom stereocenters. The van der Waals surface area contributed by atoms with Gasteiger partial charge in [0.1, 0.15) is 26.4 Å². The van der Waals surface area contributed by atoms with Crippen LogP contribution >= 0.6 is 11.6 Å². The van der Waals surface area contributed by atoms with Crippen LogP contribution in [0.3, 0.4) is 0 Å². The molecule has 162 valence electrons. The Morgan fingerprint density at radius 3 is 2.42 bits per heavy atom. The Labute approximate surface area is 181 Å². The predicted octanol–water partition coefficient (Wildman–Crippen LogP) is 2.39. The molecule has 2 aliphatic heterocycles. The van der Waals surface area contributed by atoms with Crippen molar-refractivity contribution in [2.24, 2.45) is 0 Å². The average molecular weight is 449 g/mol. The van der Waals surface area contributed by atoms with Crippen LogP contribution in [0.25, 0.3) is 0 Å². The minimum atomic E-state index is -0.813. The second kappa shape index (κ2) is 9.00. The van der Waals surface area contributed by atoms with Crippen LogP contribution in [0, 0.1) is 0 Å². The Bertz CT molecular complexity index is 1040. The molecule has 0 bridgehead atoms. The number of anilines is 1. The molecule has 31 heavy (non-hydrogen) atoms. The smallest absolute Gasteiger partial charge is 0.338 e. The minimum absolute atomic E-state index is 0.0859. The van der Waals surface area contributed by atoms with Gasteiger partial charge in [0.05, 0.1) is 10.6 Å². The third kappa shape index (κ3) is 4.92. The number of hydrogen-bond donors (Lipinski definition) is 2. The van der Waals surface area contributed by atoms with Crippen LogP contribution in [0.5, 0.6) is 23.0 Å². The van der Waals surface area contributed by atoms with E-state index >= 15 is 0 Å². The highest BCUT2D eigenvalue weighted by molar-refractivity contribution is 6.32. The number of ether oxygens (including phenoxy) is 5. The van der Waals surface area contributed by atoms with Crippen LogP contribution in [0.1, 0.15) is 10.4 Å². The summed E-state index contributed by atoms with van der Waals surface area (Å²) in [5, 5.41) is 4.74. The van der Waals surface area contributed by atoms with Crippen molar-refractivity contribution in [3.63, 3.8) is 0 Å². The number of hydrogen-bond acceptors (Lipinski definition) is 8. The van der Waals surface area contributed by atoms with Crippen molar-refractivity contribution < 1.29 is 38.1 Å². The second-order valence-corrected chi connectivity index (χ2v) is 6.83. The molecule has 11 heteroatoms.